The Hall–Kier alpha value is -1.92. The molecular formula is C7H5BN5O. The summed E-state index contributed by atoms with van der Waals surface area (Å²) in [5, 5.41) is 4.21. The zero-order valence-corrected chi connectivity index (χ0v) is 7.38. The van der Waals surface area contributed by atoms with Crippen molar-refractivity contribution in [3.05, 3.63) is 18.3 Å². The third-order valence-electron chi connectivity index (χ3n) is 1.90. The van der Waals surface area contributed by atoms with Crippen LogP contribution in [0.2, 0.25) is 0 Å². The monoisotopic (exact) mass is 186 g/mol. The molecule has 1 aliphatic heterocycles. The standard InChI is InChI=1S/C7H5BN5O/c1-4-11-7-8-14-6-5(13(7)12-4)2-9-3-10-6/h2-3H,1H3. The Balaban J connectivity index is 2.28. The van der Waals surface area contributed by atoms with Crippen molar-refractivity contribution in [2.75, 3.05) is 0 Å². The van der Waals surface area contributed by atoms with Gasteiger partial charge >= 0.3 is 7.48 Å². The first kappa shape index (κ1) is 7.49. The summed E-state index contributed by atoms with van der Waals surface area (Å²) in [7, 11) is 1.52. The predicted molar refractivity (Wildman–Crippen MR) is 47.7 cm³/mol. The third-order valence-corrected chi connectivity index (χ3v) is 1.90. The van der Waals surface area contributed by atoms with Crippen molar-refractivity contribution >= 4 is 13.2 Å². The second-order valence-electron chi connectivity index (χ2n) is 2.88. The van der Waals surface area contributed by atoms with Crippen LogP contribution in [0.1, 0.15) is 5.82 Å². The fraction of sp³-hybridized carbons (Fsp3) is 0.143. The highest BCUT2D eigenvalue weighted by Crippen LogP contribution is 2.18. The van der Waals surface area contributed by atoms with Crippen LogP contribution in [0.4, 0.5) is 0 Å². The van der Waals surface area contributed by atoms with Gasteiger partial charge in [-0.1, -0.05) is 0 Å². The van der Waals surface area contributed by atoms with E-state index in [-0.39, 0.29) is 0 Å². The van der Waals surface area contributed by atoms with Crippen molar-refractivity contribution in [2.45, 2.75) is 6.92 Å². The van der Waals surface area contributed by atoms with Crippen molar-refractivity contribution in [1.82, 2.24) is 24.7 Å². The molecule has 1 radical (unpaired) electrons. The van der Waals surface area contributed by atoms with E-state index in [2.05, 4.69) is 20.1 Å². The van der Waals surface area contributed by atoms with Gasteiger partial charge in [0.15, 0.2) is 0 Å². The minimum absolute atomic E-state index is 0.498. The zero-order valence-electron chi connectivity index (χ0n) is 7.38. The molecular weight excluding hydrogens is 181 g/mol. The fourth-order valence-corrected chi connectivity index (χ4v) is 1.34. The summed E-state index contributed by atoms with van der Waals surface area (Å²) in [4.78, 5) is 12.1. The molecule has 0 saturated heterocycles. The highest BCUT2D eigenvalue weighted by molar-refractivity contribution is 6.46. The number of hydrogen-bond donors (Lipinski definition) is 0. The molecule has 0 aliphatic carbocycles. The fourth-order valence-electron chi connectivity index (χ4n) is 1.34. The molecule has 6 nitrogen and oxygen atoms in total. The quantitative estimate of drug-likeness (QED) is 0.493. The predicted octanol–water partition coefficient (Wildman–Crippen LogP) is -0.997. The maximum absolute atomic E-state index is 5.26. The van der Waals surface area contributed by atoms with E-state index in [4.69, 9.17) is 4.65 Å². The van der Waals surface area contributed by atoms with Crippen LogP contribution in [0, 0.1) is 6.92 Å². The average Bonchev–Trinajstić information content (AvgIpc) is 2.59. The Morgan fingerprint density at radius 3 is 3.36 bits per heavy atom. The van der Waals surface area contributed by atoms with Gasteiger partial charge in [-0.05, 0) is 6.92 Å². The number of rotatable bonds is 0. The minimum Gasteiger partial charge on any atom is -0.540 e. The lowest BCUT2D eigenvalue weighted by molar-refractivity contribution is 0.550. The molecule has 2 aromatic rings. The van der Waals surface area contributed by atoms with Crippen molar-refractivity contribution in [1.29, 1.82) is 0 Å². The number of nitrogens with zero attached hydrogens (tertiary/aromatic N) is 5. The lowest BCUT2D eigenvalue weighted by Gasteiger charge is -2.14. The first-order valence-corrected chi connectivity index (χ1v) is 4.08. The minimum atomic E-state index is 0.498. The highest BCUT2D eigenvalue weighted by atomic mass is 16.4. The van der Waals surface area contributed by atoms with Crippen molar-refractivity contribution in [3.8, 4) is 11.6 Å². The second-order valence-corrected chi connectivity index (χ2v) is 2.88. The molecule has 0 fully saturated rings. The number of aryl methyl sites for hydroxylation is 1. The Morgan fingerprint density at radius 1 is 1.50 bits per heavy atom. The molecule has 0 spiro atoms. The SMILES string of the molecule is Cc1nc2n(n1)-c1cncnc1O[B]2. The molecule has 0 amide bonds. The Morgan fingerprint density at radius 2 is 2.43 bits per heavy atom. The molecule has 3 heterocycles. The summed E-state index contributed by atoms with van der Waals surface area (Å²) in [5.41, 5.74) is 1.37. The topological polar surface area (TPSA) is 65.7 Å². The number of fused-ring (bicyclic) bond motifs is 3. The van der Waals surface area contributed by atoms with E-state index >= 15 is 0 Å². The summed E-state index contributed by atoms with van der Waals surface area (Å²) in [6, 6.07) is 0. The van der Waals surface area contributed by atoms with Gasteiger partial charge in [-0.3, -0.25) is 0 Å². The maximum atomic E-state index is 5.26. The van der Waals surface area contributed by atoms with Crippen LogP contribution < -0.4 is 10.4 Å². The third kappa shape index (κ3) is 0.920. The van der Waals surface area contributed by atoms with E-state index in [1.54, 1.807) is 10.9 Å². The van der Waals surface area contributed by atoms with Crippen molar-refractivity contribution in [3.63, 3.8) is 0 Å². The molecule has 0 N–H and O–H groups in total. The zero-order chi connectivity index (χ0) is 9.54. The van der Waals surface area contributed by atoms with Gasteiger partial charge in [-0.15, -0.1) is 0 Å². The summed E-state index contributed by atoms with van der Waals surface area (Å²) >= 11 is 0. The summed E-state index contributed by atoms with van der Waals surface area (Å²) in [6.45, 7) is 1.82. The van der Waals surface area contributed by atoms with Crippen LogP contribution in [0.15, 0.2) is 12.5 Å². The van der Waals surface area contributed by atoms with Crippen molar-refractivity contribution in [2.24, 2.45) is 0 Å². The van der Waals surface area contributed by atoms with Gasteiger partial charge in [0.25, 0.3) is 0 Å². The van der Waals surface area contributed by atoms with Crippen LogP contribution in [0.25, 0.3) is 5.69 Å². The van der Waals surface area contributed by atoms with Gasteiger partial charge in [-0.2, -0.15) is 5.10 Å². The lowest BCUT2D eigenvalue weighted by Crippen LogP contribution is -2.35. The number of hydrogen-bond acceptors (Lipinski definition) is 5. The van der Waals surface area contributed by atoms with Crippen LogP contribution in [-0.2, 0) is 0 Å². The van der Waals surface area contributed by atoms with Gasteiger partial charge < -0.3 is 4.65 Å². The van der Waals surface area contributed by atoms with Crippen LogP contribution >= 0.6 is 0 Å². The van der Waals surface area contributed by atoms with E-state index in [9.17, 15) is 0 Å². The van der Waals surface area contributed by atoms with Gasteiger partial charge in [0.1, 0.15) is 23.6 Å². The molecule has 0 aromatic carbocycles. The van der Waals surface area contributed by atoms with E-state index in [0.717, 1.165) is 0 Å². The largest absolute Gasteiger partial charge is 0.540 e. The summed E-state index contributed by atoms with van der Waals surface area (Å²) in [6.07, 6.45) is 3.08. The highest BCUT2D eigenvalue weighted by Gasteiger charge is 2.22. The van der Waals surface area contributed by atoms with Crippen LogP contribution in [0.3, 0.4) is 0 Å². The summed E-state index contributed by atoms with van der Waals surface area (Å²) < 4.78 is 6.92. The van der Waals surface area contributed by atoms with Crippen LogP contribution in [0.5, 0.6) is 5.88 Å². The van der Waals surface area contributed by atoms with Gasteiger partial charge in [0.2, 0.25) is 5.88 Å². The van der Waals surface area contributed by atoms with Crippen LogP contribution in [-0.4, -0.2) is 32.2 Å². The van der Waals surface area contributed by atoms with E-state index in [1.807, 2.05) is 6.92 Å². The van der Waals surface area contributed by atoms with E-state index in [0.29, 0.717) is 23.1 Å². The average molecular weight is 186 g/mol. The summed E-state index contributed by atoms with van der Waals surface area (Å²) in [5.74, 6) is 1.19. The molecule has 3 rings (SSSR count). The second kappa shape index (κ2) is 2.54. The molecule has 0 bridgehead atoms. The first-order chi connectivity index (χ1) is 6.84. The Labute approximate surface area is 80.2 Å². The normalized spacial score (nSPS) is 12.4. The lowest BCUT2D eigenvalue weighted by atomic mass is 9.99. The Bertz CT molecular complexity index is 497. The molecule has 0 atom stereocenters. The molecule has 0 saturated carbocycles. The maximum Gasteiger partial charge on any atom is 0.454 e. The molecule has 67 valence electrons. The van der Waals surface area contributed by atoms with Gasteiger partial charge in [0.05, 0.1) is 6.20 Å². The first-order valence-electron chi connectivity index (χ1n) is 4.08. The Kier molecular flexibility index (Phi) is 1.36. The smallest absolute Gasteiger partial charge is 0.454 e. The molecule has 2 aromatic heterocycles. The number of aromatic nitrogens is 5. The van der Waals surface area contributed by atoms with Crippen molar-refractivity contribution < 1.29 is 4.65 Å². The molecule has 1 aliphatic rings. The van der Waals surface area contributed by atoms with E-state index in [1.165, 1.54) is 13.8 Å². The molecule has 7 heteroatoms. The van der Waals surface area contributed by atoms with E-state index < -0.39 is 0 Å². The van der Waals surface area contributed by atoms with Gasteiger partial charge in [-0.25, -0.2) is 19.6 Å². The molecule has 0 unspecified atom stereocenters. The molecule has 14 heavy (non-hydrogen) atoms. The van der Waals surface area contributed by atoms with Gasteiger partial charge in [0, 0.05) is 0 Å².